The Labute approximate surface area is 99.0 Å². The van der Waals surface area contributed by atoms with Crippen molar-refractivity contribution in [1.82, 2.24) is 5.32 Å². The van der Waals surface area contributed by atoms with Gasteiger partial charge in [0.25, 0.3) is 0 Å². The molecule has 2 nitrogen and oxygen atoms in total. The molecule has 0 aliphatic heterocycles. The summed E-state index contributed by atoms with van der Waals surface area (Å²) in [5.74, 6) is 0. The summed E-state index contributed by atoms with van der Waals surface area (Å²) in [6, 6.07) is 7.04. The standard InChI is InChI=1S/C14H23NO/c1-5-15-14(8-9-16-4)13-10-11(2)6-7-12(13)3/h6-7,10,14-15H,5,8-9H2,1-4H3. The molecular weight excluding hydrogens is 198 g/mol. The van der Waals surface area contributed by atoms with Crippen LogP contribution in [0.2, 0.25) is 0 Å². The second-order valence-electron chi connectivity index (χ2n) is 4.25. The molecule has 0 amide bonds. The number of rotatable bonds is 6. The van der Waals surface area contributed by atoms with Crippen molar-refractivity contribution in [3.05, 3.63) is 34.9 Å². The molecule has 0 aromatic heterocycles. The summed E-state index contributed by atoms with van der Waals surface area (Å²) >= 11 is 0. The summed E-state index contributed by atoms with van der Waals surface area (Å²) in [4.78, 5) is 0. The molecule has 0 saturated heterocycles. The number of hydrogen-bond acceptors (Lipinski definition) is 2. The van der Waals surface area contributed by atoms with Crippen LogP contribution in [0.15, 0.2) is 18.2 Å². The van der Waals surface area contributed by atoms with Crippen molar-refractivity contribution in [3.63, 3.8) is 0 Å². The van der Waals surface area contributed by atoms with E-state index in [1.807, 2.05) is 0 Å². The monoisotopic (exact) mass is 221 g/mol. The molecule has 2 heteroatoms. The number of aryl methyl sites for hydroxylation is 2. The summed E-state index contributed by atoms with van der Waals surface area (Å²) in [7, 11) is 1.76. The summed E-state index contributed by atoms with van der Waals surface area (Å²) in [5, 5.41) is 3.52. The fraction of sp³-hybridized carbons (Fsp3) is 0.571. The lowest BCUT2D eigenvalue weighted by molar-refractivity contribution is 0.183. The molecule has 0 saturated carbocycles. The van der Waals surface area contributed by atoms with Crippen LogP contribution >= 0.6 is 0 Å². The van der Waals surface area contributed by atoms with E-state index in [0.717, 1.165) is 19.6 Å². The number of nitrogens with one attached hydrogen (secondary N) is 1. The van der Waals surface area contributed by atoms with Gasteiger partial charge < -0.3 is 10.1 Å². The zero-order chi connectivity index (χ0) is 12.0. The molecule has 90 valence electrons. The molecule has 1 aromatic rings. The quantitative estimate of drug-likeness (QED) is 0.797. The van der Waals surface area contributed by atoms with Crippen molar-refractivity contribution < 1.29 is 4.74 Å². The topological polar surface area (TPSA) is 21.3 Å². The van der Waals surface area contributed by atoms with Crippen molar-refractivity contribution in [1.29, 1.82) is 0 Å². The molecule has 16 heavy (non-hydrogen) atoms. The van der Waals surface area contributed by atoms with E-state index >= 15 is 0 Å². The van der Waals surface area contributed by atoms with Crippen LogP contribution in [0.3, 0.4) is 0 Å². The predicted molar refractivity (Wildman–Crippen MR) is 68.8 cm³/mol. The fourth-order valence-corrected chi connectivity index (χ4v) is 1.98. The first kappa shape index (κ1) is 13.2. The Morgan fingerprint density at radius 3 is 2.69 bits per heavy atom. The Bertz CT molecular complexity index is 323. The van der Waals surface area contributed by atoms with Crippen molar-refractivity contribution in [3.8, 4) is 0 Å². The van der Waals surface area contributed by atoms with E-state index in [4.69, 9.17) is 4.74 Å². The Morgan fingerprint density at radius 2 is 2.06 bits per heavy atom. The Kier molecular flexibility index (Phi) is 5.50. The number of ether oxygens (including phenoxy) is 1. The van der Waals surface area contributed by atoms with E-state index in [9.17, 15) is 0 Å². The second-order valence-corrected chi connectivity index (χ2v) is 4.25. The van der Waals surface area contributed by atoms with Gasteiger partial charge in [-0.1, -0.05) is 30.7 Å². The zero-order valence-corrected chi connectivity index (χ0v) is 10.8. The largest absolute Gasteiger partial charge is 0.385 e. The van der Waals surface area contributed by atoms with Crippen LogP contribution in [0, 0.1) is 13.8 Å². The third kappa shape index (κ3) is 3.62. The molecule has 1 rings (SSSR count). The van der Waals surface area contributed by atoms with Crippen LogP contribution in [0.4, 0.5) is 0 Å². The highest BCUT2D eigenvalue weighted by Gasteiger charge is 2.12. The average molecular weight is 221 g/mol. The summed E-state index contributed by atoms with van der Waals surface area (Å²) in [5.41, 5.74) is 4.08. The van der Waals surface area contributed by atoms with Crippen LogP contribution < -0.4 is 5.32 Å². The van der Waals surface area contributed by atoms with Gasteiger partial charge in [0.2, 0.25) is 0 Å². The Hall–Kier alpha value is -0.860. The van der Waals surface area contributed by atoms with E-state index in [1.165, 1.54) is 16.7 Å². The second kappa shape index (κ2) is 6.66. The molecule has 1 unspecified atom stereocenters. The molecule has 0 aliphatic carbocycles. The molecule has 1 N–H and O–H groups in total. The van der Waals surface area contributed by atoms with E-state index < -0.39 is 0 Å². The number of methoxy groups -OCH3 is 1. The molecule has 0 bridgehead atoms. The smallest absolute Gasteiger partial charge is 0.0480 e. The maximum atomic E-state index is 5.17. The molecule has 1 atom stereocenters. The summed E-state index contributed by atoms with van der Waals surface area (Å²) < 4.78 is 5.17. The minimum absolute atomic E-state index is 0.407. The number of benzene rings is 1. The lowest BCUT2D eigenvalue weighted by atomic mass is 9.97. The van der Waals surface area contributed by atoms with Gasteiger partial charge in [0.05, 0.1) is 0 Å². The maximum Gasteiger partial charge on any atom is 0.0480 e. The van der Waals surface area contributed by atoms with E-state index in [1.54, 1.807) is 7.11 Å². The highest BCUT2D eigenvalue weighted by molar-refractivity contribution is 5.33. The molecule has 0 fully saturated rings. The van der Waals surface area contributed by atoms with Crippen molar-refractivity contribution >= 4 is 0 Å². The van der Waals surface area contributed by atoms with E-state index in [-0.39, 0.29) is 0 Å². The maximum absolute atomic E-state index is 5.17. The van der Waals surface area contributed by atoms with E-state index in [0.29, 0.717) is 6.04 Å². The van der Waals surface area contributed by atoms with Crippen LogP contribution in [-0.4, -0.2) is 20.3 Å². The molecule has 0 radical (unpaired) electrons. The third-order valence-electron chi connectivity index (χ3n) is 2.87. The summed E-state index contributed by atoms with van der Waals surface area (Å²) in [6.45, 7) is 8.24. The van der Waals surface area contributed by atoms with Gasteiger partial charge in [0.1, 0.15) is 0 Å². The predicted octanol–water partition coefficient (Wildman–Crippen LogP) is 2.99. The zero-order valence-electron chi connectivity index (χ0n) is 10.8. The van der Waals surface area contributed by atoms with Crippen LogP contribution in [0.1, 0.15) is 36.1 Å². The van der Waals surface area contributed by atoms with Gasteiger partial charge in [-0.15, -0.1) is 0 Å². The normalized spacial score (nSPS) is 12.8. The molecular formula is C14H23NO. The average Bonchev–Trinajstić information content (AvgIpc) is 2.28. The third-order valence-corrected chi connectivity index (χ3v) is 2.87. The Balaban J connectivity index is 2.85. The minimum atomic E-state index is 0.407. The van der Waals surface area contributed by atoms with Gasteiger partial charge in [-0.25, -0.2) is 0 Å². The molecule has 0 heterocycles. The van der Waals surface area contributed by atoms with E-state index in [2.05, 4.69) is 44.3 Å². The number of hydrogen-bond donors (Lipinski definition) is 1. The highest BCUT2D eigenvalue weighted by Crippen LogP contribution is 2.22. The van der Waals surface area contributed by atoms with Crippen LogP contribution in [-0.2, 0) is 4.74 Å². The van der Waals surface area contributed by atoms with Gasteiger partial charge in [0, 0.05) is 19.8 Å². The SMILES string of the molecule is CCNC(CCOC)c1cc(C)ccc1C. The van der Waals surface area contributed by atoms with Gasteiger partial charge in [0.15, 0.2) is 0 Å². The minimum Gasteiger partial charge on any atom is -0.385 e. The highest BCUT2D eigenvalue weighted by atomic mass is 16.5. The fourth-order valence-electron chi connectivity index (χ4n) is 1.98. The Morgan fingerprint density at radius 1 is 1.31 bits per heavy atom. The lowest BCUT2D eigenvalue weighted by Gasteiger charge is -2.20. The van der Waals surface area contributed by atoms with Crippen molar-refractivity contribution in [2.24, 2.45) is 0 Å². The van der Waals surface area contributed by atoms with Gasteiger partial charge in [-0.05, 0) is 37.9 Å². The lowest BCUT2D eigenvalue weighted by Crippen LogP contribution is -2.23. The van der Waals surface area contributed by atoms with Gasteiger partial charge >= 0.3 is 0 Å². The van der Waals surface area contributed by atoms with Crippen molar-refractivity contribution in [2.75, 3.05) is 20.3 Å². The van der Waals surface area contributed by atoms with Crippen LogP contribution in [0.5, 0.6) is 0 Å². The first-order valence-electron chi connectivity index (χ1n) is 5.98. The molecule has 1 aromatic carbocycles. The van der Waals surface area contributed by atoms with Gasteiger partial charge in [-0.2, -0.15) is 0 Å². The van der Waals surface area contributed by atoms with Crippen molar-refractivity contribution in [2.45, 2.75) is 33.2 Å². The summed E-state index contributed by atoms with van der Waals surface area (Å²) in [6.07, 6.45) is 1.02. The molecule has 0 spiro atoms. The molecule has 0 aliphatic rings. The first-order valence-corrected chi connectivity index (χ1v) is 5.98. The van der Waals surface area contributed by atoms with Crippen LogP contribution in [0.25, 0.3) is 0 Å². The first-order chi connectivity index (χ1) is 7.69. The van der Waals surface area contributed by atoms with Gasteiger partial charge in [-0.3, -0.25) is 0 Å².